The van der Waals surface area contributed by atoms with E-state index in [-0.39, 0.29) is 5.92 Å². The molecular weight excluding hydrogens is 1040 g/mol. The van der Waals surface area contributed by atoms with Crippen LogP contribution in [0.25, 0.3) is 22.3 Å². The summed E-state index contributed by atoms with van der Waals surface area (Å²) in [5.41, 5.74) is 33.1. The van der Waals surface area contributed by atoms with E-state index in [9.17, 15) is 0 Å². The van der Waals surface area contributed by atoms with Crippen molar-refractivity contribution in [3.63, 3.8) is 0 Å². The summed E-state index contributed by atoms with van der Waals surface area (Å²) in [7, 11) is 0. The average Bonchev–Trinajstić information content (AvgIpc) is 2.52. The second-order valence-corrected chi connectivity index (χ2v) is 24.4. The maximum Gasteiger partial charge on any atom is 0.0727 e. The summed E-state index contributed by atoms with van der Waals surface area (Å²) in [5, 5.41) is 0. The van der Waals surface area contributed by atoms with E-state index in [1.807, 2.05) is 0 Å². The summed E-state index contributed by atoms with van der Waals surface area (Å²) in [6.45, 7) is 17.4. The Morgan fingerprint density at radius 3 is 0.698 bits per heavy atom. The molecule has 0 saturated heterocycles. The topological polar surface area (TPSA) is 9.72 Å². The van der Waals surface area contributed by atoms with Crippen molar-refractivity contribution < 1.29 is 0 Å². The highest BCUT2D eigenvalue weighted by Crippen LogP contribution is 2.65. The fraction of sp³-hybridized carbons (Fsp3) is 0.133. The molecule has 0 atom stereocenters. The first-order valence-corrected chi connectivity index (χ1v) is 30.4. The van der Waals surface area contributed by atoms with Gasteiger partial charge in [0.2, 0.25) is 0 Å². The van der Waals surface area contributed by atoms with Crippen LogP contribution >= 0.6 is 0 Å². The van der Waals surface area contributed by atoms with Crippen LogP contribution in [0.1, 0.15) is 89.4 Å². The highest BCUT2D eigenvalue weighted by atomic mass is 15.2. The number of benzene rings is 12. The van der Waals surface area contributed by atoms with Crippen LogP contribution < -0.4 is 14.7 Å². The maximum absolute atomic E-state index is 2.61. The third-order valence-corrected chi connectivity index (χ3v) is 18.2. The first-order valence-electron chi connectivity index (χ1n) is 30.4. The number of anilines is 9. The maximum atomic E-state index is 2.61. The Balaban J connectivity index is 1.07. The van der Waals surface area contributed by atoms with Crippen molar-refractivity contribution in [2.45, 2.75) is 73.1 Å². The Hall–Kier alpha value is -9.96. The molecule has 0 aliphatic heterocycles. The number of rotatable bonds is 13. The van der Waals surface area contributed by atoms with Crippen molar-refractivity contribution in [3.05, 3.63) is 350 Å². The molecule has 418 valence electrons. The molecule has 3 nitrogen and oxygen atoms in total. The third-order valence-electron chi connectivity index (χ3n) is 18.2. The Morgan fingerprint density at radius 1 is 0.233 bits per heavy atom. The van der Waals surface area contributed by atoms with E-state index in [2.05, 4.69) is 337 Å². The second kappa shape index (κ2) is 21.9. The number of hydrogen-bond donors (Lipinski definition) is 0. The zero-order valence-corrected chi connectivity index (χ0v) is 50.5. The van der Waals surface area contributed by atoms with Crippen LogP contribution in [0.5, 0.6) is 0 Å². The lowest BCUT2D eigenvalue weighted by Gasteiger charge is -2.34. The van der Waals surface area contributed by atoms with Crippen molar-refractivity contribution in [1.29, 1.82) is 0 Å². The zero-order valence-electron chi connectivity index (χ0n) is 50.5. The lowest BCUT2D eigenvalue weighted by Crippen LogP contribution is -2.27. The summed E-state index contributed by atoms with van der Waals surface area (Å²) in [6, 6.07) is 102. The fourth-order valence-corrected chi connectivity index (χ4v) is 13.5. The average molecular weight is 1110 g/mol. The van der Waals surface area contributed by atoms with Gasteiger partial charge < -0.3 is 14.7 Å². The van der Waals surface area contributed by atoms with Gasteiger partial charge in [0.25, 0.3) is 0 Å². The number of nitrogens with zero attached hydrogens (tertiary/aromatic N) is 3. The van der Waals surface area contributed by atoms with Gasteiger partial charge in [-0.25, -0.2) is 0 Å². The Labute approximate surface area is 508 Å². The molecule has 0 bridgehead atoms. The summed E-state index contributed by atoms with van der Waals surface area (Å²) >= 11 is 0. The van der Waals surface area contributed by atoms with E-state index in [1.54, 1.807) is 0 Å². The summed E-state index contributed by atoms with van der Waals surface area (Å²) in [6.07, 6.45) is 0.828. The minimum atomic E-state index is -0.790. The third kappa shape index (κ3) is 9.68. The lowest BCUT2D eigenvalue weighted by molar-refractivity contribution is 0.777. The number of fused-ring (bicyclic) bond motifs is 10. The normalized spacial score (nSPS) is 12.4. The van der Waals surface area contributed by atoms with Crippen LogP contribution in [-0.2, 0) is 11.8 Å². The molecule has 14 rings (SSSR count). The molecule has 12 aromatic rings. The van der Waals surface area contributed by atoms with Crippen LogP contribution in [-0.4, -0.2) is 0 Å². The summed E-state index contributed by atoms with van der Waals surface area (Å²) in [4.78, 5) is 7.35. The molecule has 0 unspecified atom stereocenters. The smallest absolute Gasteiger partial charge is 0.0727 e. The molecule has 0 amide bonds. The molecule has 0 N–H and O–H groups in total. The van der Waals surface area contributed by atoms with Crippen molar-refractivity contribution in [2.24, 2.45) is 0 Å². The van der Waals surface area contributed by atoms with Gasteiger partial charge in [0.15, 0.2) is 0 Å². The number of hydrogen-bond acceptors (Lipinski definition) is 3. The minimum Gasteiger partial charge on any atom is -0.310 e. The van der Waals surface area contributed by atoms with E-state index in [1.165, 1.54) is 106 Å². The van der Waals surface area contributed by atoms with Gasteiger partial charge in [0.05, 0.1) is 5.41 Å². The molecule has 0 saturated carbocycles. The van der Waals surface area contributed by atoms with E-state index >= 15 is 0 Å². The highest BCUT2D eigenvalue weighted by Gasteiger charge is 2.53. The Bertz CT molecular complexity index is 3980. The van der Waals surface area contributed by atoms with Gasteiger partial charge in [-0.15, -0.1) is 0 Å². The minimum absolute atomic E-state index is 0.134. The van der Waals surface area contributed by atoms with E-state index < -0.39 is 5.41 Å². The van der Waals surface area contributed by atoms with Gasteiger partial charge in [0, 0.05) is 57.1 Å². The molecule has 1 spiro atoms. The van der Waals surface area contributed by atoms with Gasteiger partial charge >= 0.3 is 0 Å². The zero-order chi connectivity index (χ0) is 58.8. The summed E-state index contributed by atoms with van der Waals surface area (Å²) in [5.74, 6) is 0.134. The van der Waals surface area contributed by atoms with Gasteiger partial charge in [-0.3, -0.25) is 0 Å². The second-order valence-electron chi connectivity index (χ2n) is 24.4. The van der Waals surface area contributed by atoms with Crippen LogP contribution in [0, 0.1) is 55.4 Å². The first kappa shape index (κ1) is 54.0. The van der Waals surface area contributed by atoms with Gasteiger partial charge in [-0.2, -0.15) is 0 Å². The summed E-state index contributed by atoms with van der Waals surface area (Å²) < 4.78 is 0. The van der Waals surface area contributed by atoms with E-state index in [4.69, 9.17) is 0 Å². The van der Waals surface area contributed by atoms with Crippen molar-refractivity contribution in [2.75, 3.05) is 14.7 Å². The molecule has 2 aliphatic rings. The van der Waals surface area contributed by atoms with Crippen LogP contribution in [0.3, 0.4) is 0 Å². The van der Waals surface area contributed by atoms with E-state index in [0.29, 0.717) is 0 Å². The van der Waals surface area contributed by atoms with Gasteiger partial charge in [0.1, 0.15) is 0 Å². The standard InChI is InChI=1S/C83H71N3/c1-54-9-26-63(27-10-54)78(64-28-11-55(2)12-29-64)49-62-25-45-74-75-46-42-71(84(65-30-13-56(3)14-31-65)66-32-15-57(4)16-33-66)51-80(75)83(79(74)50-62)81-52-72(85(67-34-17-58(5)18-35-67)68-36-19-59(6)20-37-68)43-47-76(81)77-48-44-73(53-82(77)83)86(69-38-21-60(7)22-39-69)70-40-23-61(8)24-41-70/h9-48,50-53,78H,49H2,1-8H3. The van der Waals surface area contributed by atoms with Crippen molar-refractivity contribution in [3.8, 4) is 22.3 Å². The highest BCUT2D eigenvalue weighted by molar-refractivity contribution is 5.99. The largest absolute Gasteiger partial charge is 0.310 e. The molecule has 12 aromatic carbocycles. The quantitative estimate of drug-likeness (QED) is 0.114. The molecule has 0 fully saturated rings. The Kier molecular flexibility index (Phi) is 13.8. The lowest BCUT2D eigenvalue weighted by atomic mass is 9.69. The molecular formula is C83H71N3. The Morgan fingerprint density at radius 2 is 0.442 bits per heavy atom. The van der Waals surface area contributed by atoms with E-state index in [0.717, 1.165) is 57.6 Å². The number of aryl methyl sites for hydroxylation is 8. The SMILES string of the molecule is Cc1ccc(C(Cc2ccc3c(c2)C2(c4cc(N(c5ccc(C)cc5)c5ccc(C)cc5)ccc4-3)c3cc(N(c4ccc(C)cc4)c4ccc(C)cc4)ccc3-c3ccc(N(c4ccc(C)cc4)c4ccc(C)cc4)cc32)c2ccc(C)cc2)cc1. The molecule has 0 aromatic heterocycles. The predicted molar refractivity (Wildman–Crippen MR) is 363 cm³/mol. The molecule has 86 heavy (non-hydrogen) atoms. The predicted octanol–water partition coefficient (Wildman–Crippen LogP) is 22.3. The van der Waals surface area contributed by atoms with Gasteiger partial charge in [-0.05, 0) is 232 Å². The van der Waals surface area contributed by atoms with Crippen molar-refractivity contribution >= 4 is 51.2 Å². The molecule has 3 heteroatoms. The monoisotopic (exact) mass is 1110 g/mol. The van der Waals surface area contributed by atoms with Crippen LogP contribution in [0.15, 0.2) is 267 Å². The van der Waals surface area contributed by atoms with Crippen LogP contribution in [0.4, 0.5) is 51.2 Å². The molecule has 0 heterocycles. The van der Waals surface area contributed by atoms with Crippen LogP contribution in [0.2, 0.25) is 0 Å². The molecule has 0 radical (unpaired) electrons. The van der Waals surface area contributed by atoms with Gasteiger partial charge in [-0.1, -0.05) is 202 Å². The first-order chi connectivity index (χ1) is 41.9. The fourth-order valence-electron chi connectivity index (χ4n) is 13.5. The van der Waals surface area contributed by atoms with Crippen molar-refractivity contribution in [1.82, 2.24) is 0 Å². The molecule has 2 aliphatic carbocycles.